The van der Waals surface area contributed by atoms with Gasteiger partial charge in [-0.15, -0.1) is 11.3 Å². The van der Waals surface area contributed by atoms with Gasteiger partial charge < -0.3 is 4.90 Å². The van der Waals surface area contributed by atoms with Crippen molar-refractivity contribution < 1.29 is 4.79 Å². The third-order valence-corrected chi connectivity index (χ3v) is 7.86. The maximum Gasteiger partial charge on any atom is 0.331 e. The second-order valence-corrected chi connectivity index (χ2v) is 10.1. The Morgan fingerprint density at radius 3 is 2.45 bits per heavy atom. The van der Waals surface area contributed by atoms with Crippen molar-refractivity contribution >= 4 is 27.5 Å². The third-order valence-electron chi connectivity index (χ3n) is 6.97. The summed E-state index contributed by atoms with van der Waals surface area (Å²) >= 11 is 1.40. The Morgan fingerprint density at radius 1 is 1.06 bits per heavy atom. The smallest absolute Gasteiger partial charge is 0.331 e. The Bertz CT molecular complexity index is 1240. The van der Waals surface area contributed by atoms with Crippen LogP contribution in [-0.4, -0.2) is 33.0 Å². The highest BCUT2D eigenvalue weighted by Crippen LogP contribution is 2.31. The first kappa shape index (κ1) is 23.5. The third kappa shape index (κ3) is 4.83. The molecule has 1 saturated carbocycles. The van der Waals surface area contributed by atoms with Gasteiger partial charge in [-0.2, -0.15) is 0 Å². The van der Waals surface area contributed by atoms with Crippen molar-refractivity contribution in [2.24, 2.45) is 11.8 Å². The highest BCUT2D eigenvalue weighted by molar-refractivity contribution is 7.17. The van der Waals surface area contributed by atoms with E-state index in [1.807, 2.05) is 55.3 Å². The topological polar surface area (TPSA) is 64.3 Å². The zero-order chi connectivity index (χ0) is 23.5. The van der Waals surface area contributed by atoms with Crippen molar-refractivity contribution in [2.75, 3.05) is 13.1 Å². The molecule has 0 N–H and O–H groups in total. The maximum absolute atomic E-state index is 13.5. The second kappa shape index (κ2) is 10.1. The predicted molar refractivity (Wildman–Crippen MR) is 134 cm³/mol. The molecule has 2 aromatic heterocycles. The molecule has 1 fully saturated rings. The van der Waals surface area contributed by atoms with Crippen LogP contribution in [0.15, 0.2) is 45.3 Å². The number of aryl methyl sites for hydroxylation is 1. The summed E-state index contributed by atoms with van der Waals surface area (Å²) < 4.78 is 3.80. The Labute approximate surface area is 198 Å². The number of hydrogen-bond donors (Lipinski definition) is 0. The number of hydrogen-bond acceptors (Lipinski definition) is 4. The summed E-state index contributed by atoms with van der Waals surface area (Å²) in [6, 6.07) is 9.99. The summed E-state index contributed by atoms with van der Waals surface area (Å²) in [4.78, 5) is 41.3. The van der Waals surface area contributed by atoms with Crippen LogP contribution in [0, 0.1) is 18.8 Å². The maximum atomic E-state index is 13.5. The van der Waals surface area contributed by atoms with Gasteiger partial charge in [0.15, 0.2) is 0 Å². The summed E-state index contributed by atoms with van der Waals surface area (Å²) in [5.41, 5.74) is 2.47. The van der Waals surface area contributed by atoms with Crippen LogP contribution < -0.4 is 11.2 Å². The van der Waals surface area contributed by atoms with Gasteiger partial charge in [0.2, 0.25) is 5.91 Å². The van der Waals surface area contributed by atoms with Gasteiger partial charge in [0.25, 0.3) is 5.56 Å². The van der Waals surface area contributed by atoms with Crippen molar-refractivity contribution in [2.45, 2.75) is 59.5 Å². The molecule has 1 aliphatic rings. The molecular formula is C26H33N3O3S. The molecule has 7 heteroatoms. The first-order chi connectivity index (χ1) is 15.9. The number of fused-ring (bicyclic) bond motifs is 1. The summed E-state index contributed by atoms with van der Waals surface area (Å²) in [5, 5.41) is 1.88. The SMILES string of the molecule is CCN(CC)C(=O)C1CCC(Cn2c(=O)c3sccc3n(Cc3cccc(C)c3)c2=O)CC1. The lowest BCUT2D eigenvalue weighted by molar-refractivity contribution is -0.136. The van der Waals surface area contributed by atoms with E-state index in [-0.39, 0.29) is 29.0 Å². The monoisotopic (exact) mass is 467 g/mol. The normalized spacial score (nSPS) is 18.5. The lowest BCUT2D eigenvalue weighted by atomic mass is 9.81. The number of nitrogens with zero attached hydrogens (tertiary/aromatic N) is 3. The molecule has 0 aliphatic heterocycles. The molecule has 1 aromatic carbocycles. The van der Waals surface area contributed by atoms with Gasteiger partial charge in [0.1, 0.15) is 4.70 Å². The molecule has 4 rings (SSSR count). The highest BCUT2D eigenvalue weighted by Gasteiger charge is 2.29. The molecule has 0 atom stereocenters. The van der Waals surface area contributed by atoms with Crippen LogP contribution in [0.5, 0.6) is 0 Å². The molecule has 0 saturated heterocycles. The van der Waals surface area contributed by atoms with E-state index in [0.717, 1.165) is 49.9 Å². The first-order valence-electron chi connectivity index (χ1n) is 12.0. The van der Waals surface area contributed by atoms with Crippen LogP contribution >= 0.6 is 11.3 Å². The molecule has 1 aliphatic carbocycles. The van der Waals surface area contributed by atoms with Crippen LogP contribution in [0.1, 0.15) is 50.7 Å². The average Bonchev–Trinajstić information content (AvgIpc) is 3.31. The van der Waals surface area contributed by atoms with Gasteiger partial charge in [-0.05, 0) is 69.4 Å². The van der Waals surface area contributed by atoms with E-state index in [0.29, 0.717) is 23.3 Å². The number of thiophene rings is 1. The fourth-order valence-electron chi connectivity index (χ4n) is 5.08. The lowest BCUT2D eigenvalue weighted by Crippen LogP contribution is -2.42. The quantitative estimate of drug-likeness (QED) is 0.522. The fourth-order valence-corrected chi connectivity index (χ4v) is 5.93. The Morgan fingerprint density at radius 2 is 1.79 bits per heavy atom. The average molecular weight is 468 g/mol. The summed E-state index contributed by atoms with van der Waals surface area (Å²) in [6.07, 6.45) is 3.38. The summed E-state index contributed by atoms with van der Waals surface area (Å²) in [5.74, 6) is 0.549. The van der Waals surface area contributed by atoms with Crippen LogP contribution in [0.4, 0.5) is 0 Å². The zero-order valence-electron chi connectivity index (χ0n) is 19.8. The van der Waals surface area contributed by atoms with Crippen LogP contribution in [0.3, 0.4) is 0 Å². The van der Waals surface area contributed by atoms with Crippen molar-refractivity contribution in [1.29, 1.82) is 0 Å². The van der Waals surface area contributed by atoms with E-state index >= 15 is 0 Å². The standard InChI is InChI=1S/C26H33N3O3S/c1-4-27(5-2)24(30)21-11-9-19(10-12-21)16-29-25(31)23-22(13-14-33-23)28(26(29)32)17-20-8-6-7-18(3)15-20/h6-8,13-15,19,21H,4-5,9-12,16-17H2,1-3H3. The van der Waals surface area contributed by atoms with Crippen molar-refractivity contribution in [3.05, 3.63) is 67.7 Å². The van der Waals surface area contributed by atoms with E-state index in [4.69, 9.17) is 0 Å². The van der Waals surface area contributed by atoms with E-state index in [2.05, 4.69) is 6.07 Å². The second-order valence-electron chi connectivity index (χ2n) is 9.14. The molecule has 2 heterocycles. The molecule has 0 unspecified atom stereocenters. The molecule has 6 nitrogen and oxygen atoms in total. The molecule has 0 spiro atoms. The van der Waals surface area contributed by atoms with Crippen LogP contribution in [0.25, 0.3) is 10.2 Å². The number of benzene rings is 1. The Hall–Kier alpha value is -2.67. The van der Waals surface area contributed by atoms with E-state index in [1.54, 1.807) is 4.57 Å². The number of rotatable bonds is 7. The first-order valence-corrected chi connectivity index (χ1v) is 12.9. The van der Waals surface area contributed by atoms with E-state index in [9.17, 15) is 14.4 Å². The van der Waals surface area contributed by atoms with Gasteiger partial charge in [-0.1, -0.05) is 29.8 Å². The van der Waals surface area contributed by atoms with Crippen molar-refractivity contribution in [3.63, 3.8) is 0 Å². The number of amides is 1. The van der Waals surface area contributed by atoms with Crippen molar-refractivity contribution in [1.82, 2.24) is 14.0 Å². The largest absolute Gasteiger partial charge is 0.343 e. The van der Waals surface area contributed by atoms with Gasteiger partial charge >= 0.3 is 5.69 Å². The predicted octanol–water partition coefficient (Wildman–Crippen LogP) is 4.26. The summed E-state index contributed by atoms with van der Waals surface area (Å²) in [6.45, 7) is 8.42. The minimum atomic E-state index is -0.242. The minimum Gasteiger partial charge on any atom is -0.343 e. The van der Waals surface area contributed by atoms with E-state index < -0.39 is 0 Å². The Kier molecular flexibility index (Phi) is 7.17. The van der Waals surface area contributed by atoms with Crippen LogP contribution in [-0.2, 0) is 17.9 Å². The van der Waals surface area contributed by atoms with Gasteiger partial charge in [-0.25, -0.2) is 4.79 Å². The minimum absolute atomic E-state index is 0.0654. The van der Waals surface area contributed by atoms with Crippen molar-refractivity contribution in [3.8, 4) is 0 Å². The Balaban J connectivity index is 1.57. The molecule has 33 heavy (non-hydrogen) atoms. The highest BCUT2D eigenvalue weighted by atomic mass is 32.1. The van der Waals surface area contributed by atoms with Gasteiger partial charge in [0.05, 0.1) is 12.1 Å². The molecule has 1 amide bonds. The summed E-state index contributed by atoms with van der Waals surface area (Å²) in [7, 11) is 0. The fraction of sp³-hybridized carbons (Fsp3) is 0.500. The molecule has 3 aromatic rings. The number of carbonyl (C=O) groups excluding carboxylic acids is 1. The molecular weight excluding hydrogens is 434 g/mol. The number of carbonyl (C=O) groups is 1. The lowest BCUT2D eigenvalue weighted by Gasteiger charge is -2.31. The number of aromatic nitrogens is 2. The van der Waals surface area contributed by atoms with Gasteiger partial charge in [0, 0.05) is 25.6 Å². The van der Waals surface area contributed by atoms with E-state index in [1.165, 1.54) is 15.9 Å². The van der Waals surface area contributed by atoms with Gasteiger partial charge in [-0.3, -0.25) is 18.7 Å². The zero-order valence-corrected chi connectivity index (χ0v) is 20.6. The molecule has 0 radical (unpaired) electrons. The molecule has 0 bridgehead atoms. The van der Waals surface area contributed by atoms with Crippen LogP contribution in [0.2, 0.25) is 0 Å². The molecule has 176 valence electrons.